The first-order valence-electron chi connectivity index (χ1n) is 11.7. The van der Waals surface area contributed by atoms with E-state index in [1.807, 2.05) is 0 Å². The third-order valence-electron chi connectivity index (χ3n) is 6.06. The van der Waals surface area contributed by atoms with Gasteiger partial charge in [0, 0.05) is 12.6 Å². The number of carbonyl (C=O) groups excluding carboxylic acids is 3. The van der Waals surface area contributed by atoms with Crippen molar-refractivity contribution in [3.05, 3.63) is 82.2 Å². The molecule has 1 saturated carbocycles. The summed E-state index contributed by atoms with van der Waals surface area (Å²) < 4.78 is 19.1. The van der Waals surface area contributed by atoms with Crippen molar-refractivity contribution in [2.75, 3.05) is 6.54 Å². The zero-order chi connectivity index (χ0) is 24.6. The fourth-order valence-electron chi connectivity index (χ4n) is 4.26. The number of rotatable bonds is 9. The number of amides is 3. The Morgan fingerprint density at radius 1 is 1.06 bits per heavy atom. The van der Waals surface area contributed by atoms with Crippen LogP contribution in [0.3, 0.4) is 0 Å². The zero-order valence-electron chi connectivity index (χ0n) is 19.2. The maximum absolute atomic E-state index is 13.5. The molecule has 184 valence electrons. The minimum Gasteiger partial charge on any atom is -0.467 e. The van der Waals surface area contributed by atoms with Gasteiger partial charge in [-0.2, -0.15) is 0 Å². The van der Waals surface area contributed by atoms with Crippen molar-refractivity contribution in [1.29, 1.82) is 0 Å². The van der Waals surface area contributed by atoms with Gasteiger partial charge in [-0.3, -0.25) is 14.4 Å². The zero-order valence-corrected chi connectivity index (χ0v) is 20.1. The normalized spacial score (nSPS) is 14.8. The molecule has 2 N–H and O–H groups in total. The molecule has 1 unspecified atom stereocenters. The Balaban J connectivity index is 1.58. The summed E-state index contributed by atoms with van der Waals surface area (Å²) in [6, 6.07) is 11.5. The number of halogens is 1. The van der Waals surface area contributed by atoms with E-state index < -0.39 is 17.8 Å². The van der Waals surface area contributed by atoms with E-state index in [2.05, 4.69) is 10.6 Å². The maximum atomic E-state index is 13.5. The average Bonchev–Trinajstić information content (AvgIpc) is 3.59. The monoisotopic (exact) mass is 497 g/mol. The summed E-state index contributed by atoms with van der Waals surface area (Å²) in [7, 11) is 0. The van der Waals surface area contributed by atoms with Gasteiger partial charge in [0.05, 0.1) is 17.7 Å². The maximum Gasteiger partial charge on any atom is 0.261 e. The van der Waals surface area contributed by atoms with Crippen LogP contribution in [-0.2, 0) is 16.1 Å². The molecular weight excluding hydrogens is 469 g/mol. The molecule has 35 heavy (non-hydrogen) atoms. The topological polar surface area (TPSA) is 91.7 Å². The lowest BCUT2D eigenvalue weighted by Crippen LogP contribution is -2.49. The number of hydrogen-bond donors (Lipinski definition) is 2. The van der Waals surface area contributed by atoms with Gasteiger partial charge in [-0.25, -0.2) is 4.39 Å². The van der Waals surface area contributed by atoms with Crippen LogP contribution in [0.5, 0.6) is 0 Å². The molecule has 4 rings (SSSR count). The Kier molecular flexibility index (Phi) is 8.31. The van der Waals surface area contributed by atoms with Gasteiger partial charge < -0.3 is 20.0 Å². The molecule has 1 fully saturated rings. The average molecular weight is 498 g/mol. The molecule has 7 nitrogen and oxygen atoms in total. The summed E-state index contributed by atoms with van der Waals surface area (Å²) in [5.74, 6) is -1.24. The van der Waals surface area contributed by atoms with Crippen LogP contribution in [0, 0.1) is 5.82 Å². The molecule has 1 aliphatic rings. The Morgan fingerprint density at radius 3 is 2.49 bits per heavy atom. The van der Waals surface area contributed by atoms with Crippen LogP contribution >= 0.6 is 11.3 Å². The summed E-state index contributed by atoms with van der Waals surface area (Å²) in [5, 5.41) is 7.50. The number of carbonyl (C=O) groups is 3. The van der Waals surface area contributed by atoms with Crippen molar-refractivity contribution in [3.8, 4) is 0 Å². The van der Waals surface area contributed by atoms with Crippen LogP contribution in [0.1, 0.15) is 59.1 Å². The molecule has 1 atom stereocenters. The molecule has 1 aromatic carbocycles. The van der Waals surface area contributed by atoms with Crippen LogP contribution in [-0.4, -0.2) is 35.2 Å². The first-order chi connectivity index (χ1) is 17.0. The van der Waals surface area contributed by atoms with Gasteiger partial charge in [-0.05, 0) is 54.1 Å². The number of benzene rings is 1. The SMILES string of the molecule is O=C(NCC(=O)N(Cc1ccc(F)cc1)C(C(=O)NC1CCCCC1)c1ccco1)c1cccs1. The van der Waals surface area contributed by atoms with Crippen molar-refractivity contribution in [2.45, 2.75) is 50.7 Å². The first kappa shape index (κ1) is 24.7. The molecule has 2 heterocycles. The lowest BCUT2D eigenvalue weighted by molar-refractivity contribution is -0.142. The Hall–Kier alpha value is -3.46. The number of hydrogen-bond acceptors (Lipinski definition) is 5. The van der Waals surface area contributed by atoms with Crippen LogP contribution < -0.4 is 10.6 Å². The van der Waals surface area contributed by atoms with Crippen LogP contribution in [0.2, 0.25) is 0 Å². The smallest absolute Gasteiger partial charge is 0.261 e. The third kappa shape index (κ3) is 6.57. The molecule has 0 radical (unpaired) electrons. The molecule has 3 aromatic rings. The van der Waals surface area contributed by atoms with E-state index in [9.17, 15) is 18.8 Å². The number of nitrogens with one attached hydrogen (secondary N) is 2. The van der Waals surface area contributed by atoms with Crippen LogP contribution in [0.4, 0.5) is 4.39 Å². The van der Waals surface area contributed by atoms with E-state index in [1.165, 1.54) is 34.6 Å². The summed E-state index contributed by atoms with van der Waals surface area (Å²) in [6.45, 7) is -0.261. The Bertz CT molecular complexity index is 1110. The van der Waals surface area contributed by atoms with Gasteiger partial charge in [-0.1, -0.05) is 37.5 Å². The van der Waals surface area contributed by atoms with E-state index in [-0.39, 0.29) is 30.9 Å². The van der Waals surface area contributed by atoms with Gasteiger partial charge in [0.1, 0.15) is 11.6 Å². The highest BCUT2D eigenvalue weighted by atomic mass is 32.1. The minimum atomic E-state index is -1.04. The molecule has 3 amide bonds. The fraction of sp³-hybridized carbons (Fsp3) is 0.346. The number of nitrogens with zero attached hydrogens (tertiary/aromatic N) is 1. The lowest BCUT2D eigenvalue weighted by Gasteiger charge is -2.32. The standard InChI is InChI=1S/C26H28FN3O4S/c27-19-12-10-18(11-13-19)17-30(23(31)16-28-25(32)22-9-5-15-35-22)24(21-8-4-14-34-21)26(33)29-20-6-2-1-3-7-20/h4-5,8-15,20,24H,1-3,6-7,16-17H2,(H,28,32)(H,29,33). The molecule has 0 bridgehead atoms. The van der Waals surface area contributed by atoms with Crippen LogP contribution in [0.15, 0.2) is 64.6 Å². The highest BCUT2D eigenvalue weighted by molar-refractivity contribution is 7.12. The molecule has 1 aliphatic carbocycles. The van der Waals surface area contributed by atoms with E-state index in [0.29, 0.717) is 16.2 Å². The highest BCUT2D eigenvalue weighted by Crippen LogP contribution is 2.26. The number of furan rings is 1. The molecule has 9 heteroatoms. The Morgan fingerprint density at radius 2 is 1.83 bits per heavy atom. The largest absolute Gasteiger partial charge is 0.467 e. The van der Waals surface area contributed by atoms with E-state index in [0.717, 1.165) is 32.1 Å². The summed E-state index contributed by atoms with van der Waals surface area (Å²) in [5.41, 5.74) is 0.645. The summed E-state index contributed by atoms with van der Waals surface area (Å²) in [6.07, 6.45) is 6.47. The van der Waals surface area contributed by atoms with Gasteiger partial charge in [0.25, 0.3) is 11.8 Å². The van der Waals surface area contributed by atoms with Crippen molar-refractivity contribution >= 4 is 29.1 Å². The molecule has 2 aromatic heterocycles. The second-order valence-corrected chi connectivity index (χ2v) is 9.52. The van der Waals surface area contributed by atoms with Gasteiger partial charge in [0.15, 0.2) is 6.04 Å². The molecule has 0 spiro atoms. The van der Waals surface area contributed by atoms with Crippen molar-refractivity contribution in [1.82, 2.24) is 15.5 Å². The molecule has 0 saturated heterocycles. The minimum absolute atomic E-state index is 0.0371. The highest BCUT2D eigenvalue weighted by Gasteiger charge is 2.35. The van der Waals surface area contributed by atoms with E-state index >= 15 is 0 Å². The number of thiophene rings is 1. The third-order valence-corrected chi connectivity index (χ3v) is 6.92. The van der Waals surface area contributed by atoms with Gasteiger partial charge >= 0.3 is 0 Å². The lowest BCUT2D eigenvalue weighted by atomic mass is 9.95. The fourth-order valence-corrected chi connectivity index (χ4v) is 4.90. The van der Waals surface area contributed by atoms with E-state index in [1.54, 1.807) is 41.8 Å². The van der Waals surface area contributed by atoms with Crippen molar-refractivity contribution in [3.63, 3.8) is 0 Å². The predicted octanol–water partition coefficient (Wildman–Crippen LogP) is 4.43. The molecule has 0 aliphatic heterocycles. The second kappa shape index (κ2) is 11.8. The molecular formula is C26H28FN3O4S. The first-order valence-corrected chi connectivity index (χ1v) is 12.6. The van der Waals surface area contributed by atoms with Crippen molar-refractivity contribution < 1.29 is 23.2 Å². The Labute approximate surface area is 207 Å². The van der Waals surface area contributed by atoms with Gasteiger partial charge in [-0.15, -0.1) is 11.3 Å². The van der Waals surface area contributed by atoms with E-state index in [4.69, 9.17) is 4.42 Å². The summed E-state index contributed by atoms with van der Waals surface area (Å²) in [4.78, 5) is 41.2. The van der Waals surface area contributed by atoms with Gasteiger partial charge in [0.2, 0.25) is 5.91 Å². The van der Waals surface area contributed by atoms with Crippen molar-refractivity contribution in [2.24, 2.45) is 0 Å². The quantitative estimate of drug-likeness (QED) is 0.458. The van der Waals surface area contributed by atoms with Crippen LogP contribution in [0.25, 0.3) is 0 Å². The predicted molar refractivity (Wildman–Crippen MR) is 130 cm³/mol. The summed E-state index contributed by atoms with van der Waals surface area (Å²) >= 11 is 1.27. The second-order valence-electron chi connectivity index (χ2n) is 8.57.